The smallest absolute Gasteiger partial charge is 0.121 e. The minimum atomic E-state index is 0.216. The predicted octanol–water partition coefficient (Wildman–Crippen LogP) is 5.58. The van der Waals surface area contributed by atoms with Crippen LogP contribution in [0.1, 0.15) is 42.4 Å². The molecule has 134 valence electrons. The lowest BCUT2D eigenvalue weighted by molar-refractivity contribution is 0.143. The van der Waals surface area contributed by atoms with Gasteiger partial charge in [0.15, 0.2) is 0 Å². The van der Waals surface area contributed by atoms with Crippen molar-refractivity contribution in [2.45, 2.75) is 44.8 Å². The highest BCUT2D eigenvalue weighted by Gasteiger charge is 2.23. The summed E-state index contributed by atoms with van der Waals surface area (Å²) >= 11 is 6.15. The van der Waals surface area contributed by atoms with Crippen LogP contribution in [-0.4, -0.2) is 12.1 Å². The zero-order chi connectivity index (χ0) is 18.5. The van der Waals surface area contributed by atoms with Crippen molar-refractivity contribution in [2.24, 2.45) is 0 Å². The van der Waals surface area contributed by atoms with Crippen molar-refractivity contribution in [3.8, 4) is 18.1 Å². The van der Waals surface area contributed by atoms with Crippen LogP contribution in [0.4, 0.5) is 0 Å². The van der Waals surface area contributed by atoms with E-state index in [1.807, 2.05) is 12.1 Å². The molecule has 2 nitrogen and oxygen atoms in total. The molecule has 0 radical (unpaired) electrons. The van der Waals surface area contributed by atoms with Crippen molar-refractivity contribution >= 4 is 17.3 Å². The number of rotatable bonds is 5. The molecule has 1 fully saturated rings. The maximum Gasteiger partial charge on any atom is 0.121 e. The fourth-order valence-corrected chi connectivity index (χ4v) is 3.51. The first-order valence-corrected chi connectivity index (χ1v) is 9.38. The summed E-state index contributed by atoms with van der Waals surface area (Å²) in [5, 5.41) is 4.13. The molecule has 0 bridgehead atoms. The summed E-state index contributed by atoms with van der Waals surface area (Å²) in [5.74, 6) is 3.35. The summed E-state index contributed by atoms with van der Waals surface area (Å²) in [4.78, 5) is 0. The number of terminal acetylenes is 1. The first-order chi connectivity index (χ1) is 12.5. The van der Waals surface area contributed by atoms with Gasteiger partial charge >= 0.3 is 0 Å². The van der Waals surface area contributed by atoms with Gasteiger partial charge in [-0.1, -0.05) is 53.9 Å². The number of ether oxygens (including phenoxy) is 1. The lowest BCUT2D eigenvalue weighted by Crippen LogP contribution is -2.35. The van der Waals surface area contributed by atoms with Crippen molar-refractivity contribution < 1.29 is 4.74 Å². The Kier molecular flexibility index (Phi) is 5.91. The van der Waals surface area contributed by atoms with Crippen LogP contribution in [-0.2, 0) is 0 Å². The van der Waals surface area contributed by atoms with Crippen molar-refractivity contribution in [3.05, 3.63) is 70.8 Å². The fourth-order valence-electron chi connectivity index (χ4n) is 3.29. The summed E-state index contributed by atoms with van der Waals surface area (Å²) in [6.07, 6.45) is 9.75. The number of hydrogen-bond acceptors (Lipinski definition) is 2. The average molecular weight is 366 g/mol. The topological polar surface area (TPSA) is 21.3 Å². The Morgan fingerprint density at radius 3 is 2.46 bits per heavy atom. The predicted molar refractivity (Wildman–Crippen MR) is 109 cm³/mol. The third-order valence-electron chi connectivity index (χ3n) is 4.85. The van der Waals surface area contributed by atoms with Gasteiger partial charge in [-0.3, -0.25) is 0 Å². The lowest BCUT2D eigenvalue weighted by Gasteiger charge is -2.30. The Balaban J connectivity index is 1.49. The second-order valence-electron chi connectivity index (χ2n) is 6.87. The minimum absolute atomic E-state index is 0.216. The van der Waals surface area contributed by atoms with Crippen LogP contribution in [0.25, 0.3) is 5.70 Å². The highest BCUT2D eigenvalue weighted by Crippen LogP contribution is 2.28. The molecule has 1 N–H and O–H groups in total. The molecule has 0 amide bonds. The zero-order valence-corrected chi connectivity index (χ0v) is 15.9. The van der Waals surface area contributed by atoms with Crippen LogP contribution >= 0.6 is 11.6 Å². The maximum absolute atomic E-state index is 6.15. The van der Waals surface area contributed by atoms with E-state index in [1.54, 1.807) is 6.07 Å². The molecule has 1 aliphatic rings. The van der Waals surface area contributed by atoms with E-state index in [0.717, 1.165) is 42.7 Å². The molecular formula is C23H24ClNO. The second kappa shape index (κ2) is 8.34. The molecule has 0 atom stereocenters. The summed E-state index contributed by atoms with van der Waals surface area (Å²) in [5.41, 5.74) is 4.10. The molecule has 0 aliphatic heterocycles. The van der Waals surface area contributed by atoms with Crippen molar-refractivity contribution in [1.82, 2.24) is 5.32 Å². The van der Waals surface area contributed by atoms with E-state index in [-0.39, 0.29) is 6.10 Å². The Morgan fingerprint density at radius 1 is 1.15 bits per heavy atom. The van der Waals surface area contributed by atoms with Gasteiger partial charge in [0.05, 0.1) is 11.1 Å². The number of aryl methyl sites for hydroxylation is 1. The Labute approximate surface area is 161 Å². The van der Waals surface area contributed by atoms with Crippen LogP contribution in [0.15, 0.2) is 49.0 Å². The maximum atomic E-state index is 6.15. The molecular weight excluding hydrogens is 342 g/mol. The number of benzene rings is 2. The molecule has 2 aromatic carbocycles. The molecule has 0 unspecified atom stereocenters. The second-order valence-corrected chi connectivity index (χ2v) is 7.27. The fraction of sp³-hybridized carbons (Fsp3) is 0.304. The van der Waals surface area contributed by atoms with Gasteiger partial charge in [0.2, 0.25) is 0 Å². The van der Waals surface area contributed by atoms with E-state index in [1.165, 1.54) is 5.56 Å². The normalized spacial score (nSPS) is 19.4. The summed E-state index contributed by atoms with van der Waals surface area (Å²) in [7, 11) is 0. The standard InChI is InChI=1S/C23H24ClNO/c1-4-18-9-12-22(15-23(18)24)26-21-13-10-20(11-14-21)25-17(3)19-7-5-16(2)6-8-19/h1,5-9,12,15,20-21,25H,3,10-11,13-14H2,2H3. The molecule has 3 rings (SSSR count). The van der Waals surface area contributed by atoms with Gasteiger partial charge < -0.3 is 10.1 Å². The monoisotopic (exact) mass is 365 g/mol. The lowest BCUT2D eigenvalue weighted by atomic mass is 9.92. The third-order valence-corrected chi connectivity index (χ3v) is 5.16. The molecule has 0 heterocycles. The highest BCUT2D eigenvalue weighted by molar-refractivity contribution is 6.31. The van der Waals surface area contributed by atoms with Gasteiger partial charge in [-0.2, -0.15) is 0 Å². The van der Waals surface area contributed by atoms with Gasteiger partial charge in [-0.25, -0.2) is 0 Å². The summed E-state index contributed by atoms with van der Waals surface area (Å²) < 4.78 is 6.08. The summed E-state index contributed by atoms with van der Waals surface area (Å²) in [6, 6.07) is 14.4. The van der Waals surface area contributed by atoms with E-state index in [0.29, 0.717) is 16.6 Å². The summed E-state index contributed by atoms with van der Waals surface area (Å²) in [6.45, 7) is 6.28. The Morgan fingerprint density at radius 2 is 1.85 bits per heavy atom. The number of halogens is 1. The van der Waals surface area contributed by atoms with Crippen LogP contribution in [0.5, 0.6) is 5.75 Å². The zero-order valence-electron chi connectivity index (χ0n) is 15.1. The molecule has 3 heteroatoms. The van der Waals surface area contributed by atoms with E-state index in [9.17, 15) is 0 Å². The van der Waals surface area contributed by atoms with Gasteiger partial charge in [0, 0.05) is 23.4 Å². The van der Waals surface area contributed by atoms with E-state index in [4.69, 9.17) is 22.8 Å². The van der Waals surface area contributed by atoms with E-state index < -0.39 is 0 Å². The number of hydrogen-bond donors (Lipinski definition) is 1. The average Bonchev–Trinajstić information content (AvgIpc) is 2.64. The molecule has 0 spiro atoms. The largest absolute Gasteiger partial charge is 0.490 e. The van der Waals surface area contributed by atoms with E-state index >= 15 is 0 Å². The van der Waals surface area contributed by atoms with Gasteiger partial charge in [-0.05, 0) is 50.3 Å². The first-order valence-electron chi connectivity index (χ1n) is 9.00. The molecule has 1 saturated carbocycles. The SMILES string of the molecule is C#Cc1ccc(OC2CCC(NC(=C)c3ccc(C)cc3)CC2)cc1Cl. The molecule has 26 heavy (non-hydrogen) atoms. The molecule has 1 aliphatic carbocycles. The van der Waals surface area contributed by atoms with Crippen LogP contribution < -0.4 is 10.1 Å². The van der Waals surface area contributed by atoms with Crippen molar-refractivity contribution in [3.63, 3.8) is 0 Å². The molecule has 0 saturated heterocycles. The molecule has 2 aromatic rings. The highest BCUT2D eigenvalue weighted by atomic mass is 35.5. The quantitative estimate of drug-likeness (QED) is 0.698. The van der Waals surface area contributed by atoms with Gasteiger partial charge in [0.25, 0.3) is 0 Å². The third kappa shape index (κ3) is 4.62. The van der Waals surface area contributed by atoms with Crippen LogP contribution in [0, 0.1) is 19.3 Å². The van der Waals surface area contributed by atoms with Crippen molar-refractivity contribution in [2.75, 3.05) is 0 Å². The molecule has 0 aromatic heterocycles. The Hall–Kier alpha value is -2.37. The van der Waals surface area contributed by atoms with Crippen molar-refractivity contribution in [1.29, 1.82) is 0 Å². The van der Waals surface area contributed by atoms with Crippen LogP contribution in [0.3, 0.4) is 0 Å². The van der Waals surface area contributed by atoms with E-state index in [2.05, 4.69) is 49.0 Å². The van der Waals surface area contributed by atoms with Gasteiger partial charge in [0.1, 0.15) is 5.75 Å². The first kappa shape index (κ1) is 18.4. The van der Waals surface area contributed by atoms with Crippen LogP contribution in [0.2, 0.25) is 5.02 Å². The number of nitrogens with one attached hydrogen (secondary N) is 1. The minimum Gasteiger partial charge on any atom is -0.490 e. The van der Waals surface area contributed by atoms with Gasteiger partial charge in [-0.15, -0.1) is 6.42 Å². The Bertz CT molecular complexity index is 811.